The van der Waals surface area contributed by atoms with E-state index in [1.165, 1.54) is 6.08 Å². The number of carbonyl (C=O) groups is 2. The maximum absolute atomic E-state index is 11.2. The number of ether oxygens (including phenoxy) is 1. The van der Waals surface area contributed by atoms with Crippen LogP contribution in [0.4, 0.5) is 0 Å². The lowest BCUT2D eigenvalue weighted by molar-refractivity contribution is -0.141. The minimum absolute atomic E-state index is 0.0157. The van der Waals surface area contributed by atoms with Gasteiger partial charge in [0.25, 0.3) is 0 Å². The average Bonchev–Trinajstić information content (AvgIpc) is 2.24. The molecule has 0 fully saturated rings. The van der Waals surface area contributed by atoms with Crippen molar-refractivity contribution in [3.8, 4) is 0 Å². The Hall–Kier alpha value is -1.52. The Morgan fingerprint density at radius 3 is 2.41 bits per heavy atom. The fourth-order valence-electron chi connectivity index (χ4n) is 1.33. The van der Waals surface area contributed by atoms with Crippen molar-refractivity contribution < 1.29 is 19.4 Å². The Bertz CT molecular complexity index is 299. The van der Waals surface area contributed by atoms with Crippen LogP contribution in [0.3, 0.4) is 0 Å². The van der Waals surface area contributed by atoms with Gasteiger partial charge in [-0.15, -0.1) is 0 Å². The standard InChI is InChI=1S/C12H21NO4/c1-5-8(3)11(12(15)16)13-9(4)7-10(14)17-6-2/h7-8,11,13H,5-6H2,1-4H3,(H,15,16)/b9-7+/t8?,11-/m0/s1. The number of carbonyl (C=O) groups excluding carboxylic acids is 1. The Kier molecular flexibility index (Phi) is 7.02. The summed E-state index contributed by atoms with van der Waals surface area (Å²) in [5.41, 5.74) is 0.496. The summed E-state index contributed by atoms with van der Waals surface area (Å²) in [5, 5.41) is 11.9. The molecule has 2 atom stereocenters. The number of nitrogens with one attached hydrogen (secondary N) is 1. The molecule has 0 aromatic heterocycles. The lowest BCUT2D eigenvalue weighted by Gasteiger charge is -2.21. The predicted octanol–water partition coefficient (Wildman–Crippen LogP) is 1.54. The Morgan fingerprint density at radius 2 is 2.00 bits per heavy atom. The summed E-state index contributed by atoms with van der Waals surface area (Å²) in [4.78, 5) is 22.2. The maximum atomic E-state index is 11.2. The van der Waals surface area contributed by atoms with Crippen LogP contribution in [0, 0.1) is 5.92 Å². The van der Waals surface area contributed by atoms with E-state index in [-0.39, 0.29) is 5.92 Å². The van der Waals surface area contributed by atoms with Gasteiger partial charge in [-0.05, 0) is 19.8 Å². The Balaban J connectivity index is 4.55. The van der Waals surface area contributed by atoms with Gasteiger partial charge in [0.2, 0.25) is 0 Å². The third kappa shape index (κ3) is 5.94. The van der Waals surface area contributed by atoms with E-state index in [0.717, 1.165) is 6.42 Å². The average molecular weight is 243 g/mol. The van der Waals surface area contributed by atoms with Crippen LogP contribution in [-0.4, -0.2) is 29.7 Å². The summed E-state index contributed by atoms with van der Waals surface area (Å²) < 4.78 is 4.74. The first kappa shape index (κ1) is 15.5. The van der Waals surface area contributed by atoms with Gasteiger partial charge < -0.3 is 15.2 Å². The highest BCUT2D eigenvalue weighted by molar-refractivity contribution is 5.83. The van der Waals surface area contributed by atoms with E-state index in [4.69, 9.17) is 9.84 Å². The molecule has 0 spiro atoms. The predicted molar refractivity (Wildman–Crippen MR) is 64.4 cm³/mol. The molecule has 5 nitrogen and oxygen atoms in total. The van der Waals surface area contributed by atoms with Crippen molar-refractivity contribution in [2.24, 2.45) is 5.92 Å². The molecule has 2 N–H and O–H groups in total. The lowest BCUT2D eigenvalue weighted by atomic mass is 9.99. The smallest absolute Gasteiger partial charge is 0.332 e. The third-order valence-corrected chi connectivity index (χ3v) is 2.48. The van der Waals surface area contributed by atoms with E-state index in [1.54, 1.807) is 13.8 Å². The van der Waals surface area contributed by atoms with E-state index in [9.17, 15) is 9.59 Å². The van der Waals surface area contributed by atoms with Gasteiger partial charge in [-0.1, -0.05) is 20.3 Å². The van der Waals surface area contributed by atoms with Gasteiger partial charge in [0, 0.05) is 11.8 Å². The van der Waals surface area contributed by atoms with E-state index in [1.807, 2.05) is 13.8 Å². The van der Waals surface area contributed by atoms with Crippen LogP contribution in [0.5, 0.6) is 0 Å². The summed E-state index contributed by atoms with van der Waals surface area (Å²) in [5.74, 6) is -1.40. The topological polar surface area (TPSA) is 75.6 Å². The van der Waals surface area contributed by atoms with Crippen LogP contribution in [-0.2, 0) is 14.3 Å². The molecule has 98 valence electrons. The minimum atomic E-state index is -0.920. The van der Waals surface area contributed by atoms with E-state index >= 15 is 0 Å². The first-order valence-corrected chi connectivity index (χ1v) is 5.76. The molecular formula is C12H21NO4. The van der Waals surface area contributed by atoms with Crippen molar-refractivity contribution in [1.29, 1.82) is 0 Å². The number of esters is 1. The molecule has 0 saturated carbocycles. The maximum Gasteiger partial charge on any atom is 0.332 e. The molecule has 0 aliphatic rings. The number of allylic oxidation sites excluding steroid dienone is 1. The third-order valence-electron chi connectivity index (χ3n) is 2.48. The highest BCUT2D eigenvalue weighted by Gasteiger charge is 2.23. The molecule has 0 amide bonds. The summed E-state index contributed by atoms with van der Waals surface area (Å²) in [7, 11) is 0. The van der Waals surface area contributed by atoms with Crippen LogP contribution < -0.4 is 5.32 Å². The largest absolute Gasteiger partial charge is 0.480 e. The lowest BCUT2D eigenvalue weighted by Crippen LogP contribution is -2.40. The molecular weight excluding hydrogens is 222 g/mol. The van der Waals surface area contributed by atoms with Gasteiger partial charge >= 0.3 is 11.9 Å². The molecule has 0 bridgehead atoms. The van der Waals surface area contributed by atoms with Gasteiger partial charge in [0.1, 0.15) is 6.04 Å². The monoisotopic (exact) mass is 243 g/mol. The van der Waals surface area contributed by atoms with Crippen molar-refractivity contribution in [1.82, 2.24) is 5.32 Å². The van der Waals surface area contributed by atoms with Crippen molar-refractivity contribution >= 4 is 11.9 Å². The zero-order chi connectivity index (χ0) is 13.4. The molecule has 5 heteroatoms. The summed E-state index contributed by atoms with van der Waals surface area (Å²) in [6, 6.07) is -0.689. The fourth-order valence-corrected chi connectivity index (χ4v) is 1.33. The number of hydrogen-bond acceptors (Lipinski definition) is 4. The van der Waals surface area contributed by atoms with Crippen molar-refractivity contribution in [2.75, 3.05) is 6.61 Å². The molecule has 0 aliphatic carbocycles. The fraction of sp³-hybridized carbons (Fsp3) is 0.667. The molecule has 0 aromatic carbocycles. The van der Waals surface area contributed by atoms with Crippen LogP contribution in [0.1, 0.15) is 34.1 Å². The van der Waals surface area contributed by atoms with Crippen molar-refractivity contribution in [3.05, 3.63) is 11.8 Å². The molecule has 17 heavy (non-hydrogen) atoms. The van der Waals surface area contributed by atoms with Gasteiger partial charge in [-0.25, -0.2) is 9.59 Å². The van der Waals surface area contributed by atoms with Gasteiger partial charge in [0.15, 0.2) is 0 Å². The van der Waals surface area contributed by atoms with E-state index in [0.29, 0.717) is 12.3 Å². The van der Waals surface area contributed by atoms with Gasteiger partial charge in [-0.2, -0.15) is 0 Å². The molecule has 0 rings (SSSR count). The molecule has 0 radical (unpaired) electrons. The number of hydrogen-bond donors (Lipinski definition) is 2. The number of rotatable bonds is 7. The molecule has 0 aliphatic heterocycles. The Morgan fingerprint density at radius 1 is 1.41 bits per heavy atom. The van der Waals surface area contributed by atoms with Crippen LogP contribution in [0.15, 0.2) is 11.8 Å². The van der Waals surface area contributed by atoms with Gasteiger partial charge in [0.05, 0.1) is 6.61 Å². The first-order valence-electron chi connectivity index (χ1n) is 5.76. The van der Waals surface area contributed by atoms with E-state index < -0.39 is 18.0 Å². The summed E-state index contributed by atoms with van der Waals surface area (Å²) in [6.45, 7) is 7.44. The highest BCUT2D eigenvalue weighted by Crippen LogP contribution is 2.09. The number of carboxylic acid groups (broad SMARTS) is 1. The second-order valence-corrected chi connectivity index (χ2v) is 3.93. The minimum Gasteiger partial charge on any atom is -0.480 e. The van der Waals surface area contributed by atoms with Crippen molar-refractivity contribution in [2.45, 2.75) is 40.2 Å². The molecule has 0 heterocycles. The van der Waals surface area contributed by atoms with Crippen molar-refractivity contribution in [3.63, 3.8) is 0 Å². The number of aliphatic carboxylic acids is 1. The first-order chi connectivity index (χ1) is 7.92. The SMILES string of the molecule is CCOC(=O)/C=C(\C)N[C@H](C(=O)O)C(C)CC. The molecule has 0 saturated heterocycles. The zero-order valence-electron chi connectivity index (χ0n) is 10.8. The Labute approximate surface area is 102 Å². The summed E-state index contributed by atoms with van der Waals surface area (Å²) in [6.07, 6.45) is 2.01. The molecule has 1 unspecified atom stereocenters. The second kappa shape index (κ2) is 7.70. The quantitative estimate of drug-likeness (QED) is 0.524. The zero-order valence-corrected chi connectivity index (χ0v) is 10.8. The molecule has 0 aromatic rings. The second-order valence-electron chi connectivity index (χ2n) is 3.93. The van der Waals surface area contributed by atoms with Crippen LogP contribution in [0.2, 0.25) is 0 Å². The summed E-state index contributed by atoms with van der Waals surface area (Å²) >= 11 is 0. The van der Waals surface area contributed by atoms with E-state index in [2.05, 4.69) is 5.32 Å². The normalized spacial score (nSPS) is 14.9. The number of carboxylic acids is 1. The van der Waals surface area contributed by atoms with Gasteiger partial charge in [-0.3, -0.25) is 0 Å². The highest BCUT2D eigenvalue weighted by atomic mass is 16.5. The van der Waals surface area contributed by atoms with Crippen LogP contribution >= 0.6 is 0 Å². The van der Waals surface area contributed by atoms with Crippen LogP contribution in [0.25, 0.3) is 0 Å².